The van der Waals surface area contributed by atoms with E-state index in [0.717, 1.165) is 35.6 Å². The minimum absolute atomic E-state index is 0.510. The zero-order chi connectivity index (χ0) is 13.7. The highest BCUT2D eigenvalue weighted by Gasteiger charge is 2.41. The molecule has 2 aromatic rings. The second-order valence-electron chi connectivity index (χ2n) is 6.55. The standard InChI is InChI=1S/C17H21ClN2/c1-11-3-2-4-15-17(11)19-16(9-18)20(15)10-14(12-5-6-12)13-7-8-13/h2-4,12-14H,5-10H2,1H3. The van der Waals surface area contributed by atoms with Gasteiger partial charge in [0.2, 0.25) is 0 Å². The SMILES string of the molecule is Cc1cccc2c1nc(CCl)n2CC(C1CC1)C1CC1. The van der Waals surface area contributed by atoms with E-state index in [-0.39, 0.29) is 0 Å². The highest BCUT2D eigenvalue weighted by Crippen LogP contribution is 2.50. The Balaban J connectivity index is 1.75. The second kappa shape index (κ2) is 4.77. The summed E-state index contributed by atoms with van der Waals surface area (Å²) in [6, 6.07) is 6.47. The van der Waals surface area contributed by atoms with Crippen molar-refractivity contribution in [1.82, 2.24) is 9.55 Å². The maximum Gasteiger partial charge on any atom is 0.124 e. The number of rotatable bonds is 5. The number of halogens is 1. The van der Waals surface area contributed by atoms with Crippen LogP contribution in [-0.2, 0) is 12.4 Å². The van der Waals surface area contributed by atoms with Crippen LogP contribution in [0.2, 0.25) is 0 Å². The van der Waals surface area contributed by atoms with Crippen LogP contribution < -0.4 is 0 Å². The van der Waals surface area contributed by atoms with Crippen molar-refractivity contribution in [2.75, 3.05) is 0 Å². The second-order valence-corrected chi connectivity index (χ2v) is 6.82. The van der Waals surface area contributed by atoms with Crippen LogP contribution in [-0.4, -0.2) is 9.55 Å². The summed E-state index contributed by atoms with van der Waals surface area (Å²) in [7, 11) is 0. The first-order valence-electron chi connectivity index (χ1n) is 7.78. The van der Waals surface area contributed by atoms with E-state index >= 15 is 0 Å². The Morgan fingerprint density at radius 1 is 1.25 bits per heavy atom. The molecular weight excluding hydrogens is 268 g/mol. The number of hydrogen-bond acceptors (Lipinski definition) is 1. The van der Waals surface area contributed by atoms with Gasteiger partial charge in [0.05, 0.1) is 16.9 Å². The van der Waals surface area contributed by atoms with Crippen LogP contribution in [0.5, 0.6) is 0 Å². The molecule has 2 aliphatic carbocycles. The van der Waals surface area contributed by atoms with E-state index in [1.165, 1.54) is 36.8 Å². The highest BCUT2D eigenvalue weighted by atomic mass is 35.5. The monoisotopic (exact) mass is 288 g/mol. The fourth-order valence-electron chi connectivity index (χ4n) is 3.58. The van der Waals surface area contributed by atoms with Crippen LogP contribution in [0.3, 0.4) is 0 Å². The van der Waals surface area contributed by atoms with E-state index in [9.17, 15) is 0 Å². The number of aromatic nitrogens is 2. The molecular formula is C17H21ClN2. The lowest BCUT2D eigenvalue weighted by molar-refractivity contribution is 0.350. The zero-order valence-corrected chi connectivity index (χ0v) is 12.7. The molecule has 0 bridgehead atoms. The van der Waals surface area contributed by atoms with Crippen molar-refractivity contribution in [3.8, 4) is 0 Å². The van der Waals surface area contributed by atoms with Crippen molar-refractivity contribution < 1.29 is 0 Å². The predicted molar refractivity (Wildman–Crippen MR) is 83.0 cm³/mol. The summed E-state index contributed by atoms with van der Waals surface area (Å²) in [6.45, 7) is 3.26. The Hall–Kier alpha value is -1.02. The molecule has 0 radical (unpaired) electrons. The Kier molecular flexibility index (Phi) is 3.03. The average molecular weight is 289 g/mol. The number of benzene rings is 1. The molecule has 1 heterocycles. The van der Waals surface area contributed by atoms with Gasteiger partial charge in [-0.2, -0.15) is 0 Å². The number of aryl methyl sites for hydroxylation is 1. The topological polar surface area (TPSA) is 17.8 Å². The van der Waals surface area contributed by atoms with Crippen molar-refractivity contribution in [3.63, 3.8) is 0 Å². The van der Waals surface area contributed by atoms with E-state index < -0.39 is 0 Å². The third kappa shape index (κ3) is 2.14. The minimum Gasteiger partial charge on any atom is -0.327 e. The fourth-order valence-corrected chi connectivity index (χ4v) is 3.79. The Bertz CT molecular complexity index is 626. The summed E-state index contributed by atoms with van der Waals surface area (Å²) in [5.74, 6) is 4.34. The normalized spacial score (nSPS) is 19.1. The van der Waals surface area contributed by atoms with Gasteiger partial charge in [0.25, 0.3) is 0 Å². The van der Waals surface area contributed by atoms with Crippen LogP contribution in [0.4, 0.5) is 0 Å². The van der Waals surface area contributed by atoms with Crippen molar-refractivity contribution >= 4 is 22.6 Å². The van der Waals surface area contributed by atoms with Crippen LogP contribution in [0, 0.1) is 24.7 Å². The van der Waals surface area contributed by atoms with Crippen LogP contribution in [0.1, 0.15) is 37.1 Å². The first-order valence-corrected chi connectivity index (χ1v) is 8.32. The molecule has 0 amide bonds. The summed E-state index contributed by atoms with van der Waals surface area (Å²) >= 11 is 6.15. The summed E-state index contributed by atoms with van der Waals surface area (Å²) < 4.78 is 2.40. The van der Waals surface area contributed by atoms with Gasteiger partial charge in [0.15, 0.2) is 0 Å². The van der Waals surface area contributed by atoms with Gasteiger partial charge in [-0.05, 0) is 62.0 Å². The number of para-hydroxylation sites is 1. The third-order valence-electron chi connectivity index (χ3n) is 5.03. The first-order chi connectivity index (χ1) is 9.78. The molecule has 4 rings (SSSR count). The number of fused-ring (bicyclic) bond motifs is 1. The van der Waals surface area contributed by atoms with E-state index in [4.69, 9.17) is 16.6 Å². The zero-order valence-electron chi connectivity index (χ0n) is 12.0. The lowest BCUT2D eigenvalue weighted by Gasteiger charge is -2.18. The molecule has 20 heavy (non-hydrogen) atoms. The molecule has 0 saturated heterocycles. The van der Waals surface area contributed by atoms with Crippen molar-refractivity contribution in [2.24, 2.45) is 17.8 Å². The van der Waals surface area contributed by atoms with Gasteiger partial charge in [-0.1, -0.05) is 12.1 Å². The van der Waals surface area contributed by atoms with Gasteiger partial charge in [-0.3, -0.25) is 0 Å². The Morgan fingerprint density at radius 3 is 2.55 bits per heavy atom. The van der Waals surface area contributed by atoms with Crippen molar-refractivity contribution in [1.29, 1.82) is 0 Å². The van der Waals surface area contributed by atoms with Gasteiger partial charge in [0, 0.05) is 6.54 Å². The molecule has 3 heteroatoms. The minimum atomic E-state index is 0.510. The summed E-state index contributed by atoms with van der Waals surface area (Å²) in [6.07, 6.45) is 5.73. The van der Waals surface area contributed by atoms with Crippen molar-refractivity contribution in [3.05, 3.63) is 29.6 Å². The molecule has 0 N–H and O–H groups in total. The summed E-state index contributed by atoms with van der Waals surface area (Å²) in [4.78, 5) is 4.77. The van der Waals surface area contributed by atoms with Gasteiger partial charge in [-0.15, -0.1) is 11.6 Å². The Morgan fingerprint density at radius 2 is 1.95 bits per heavy atom. The number of hydrogen-bond donors (Lipinski definition) is 0. The van der Waals surface area contributed by atoms with Crippen LogP contribution in [0.15, 0.2) is 18.2 Å². The molecule has 1 aromatic heterocycles. The van der Waals surface area contributed by atoms with Gasteiger partial charge in [-0.25, -0.2) is 4.98 Å². The highest BCUT2D eigenvalue weighted by molar-refractivity contribution is 6.16. The molecule has 106 valence electrons. The van der Waals surface area contributed by atoms with Crippen LogP contribution in [0.25, 0.3) is 11.0 Å². The predicted octanol–water partition coefficient (Wildman–Crippen LogP) is 4.52. The molecule has 0 aliphatic heterocycles. The smallest absolute Gasteiger partial charge is 0.124 e. The molecule has 0 unspecified atom stereocenters. The maximum absolute atomic E-state index is 6.15. The number of alkyl halides is 1. The molecule has 1 aromatic carbocycles. The van der Waals surface area contributed by atoms with E-state index in [0.29, 0.717) is 5.88 Å². The lowest BCUT2D eigenvalue weighted by atomic mass is 9.97. The molecule has 2 saturated carbocycles. The molecule has 2 fully saturated rings. The Labute approximate surface area is 125 Å². The fraction of sp³-hybridized carbons (Fsp3) is 0.588. The molecule has 0 atom stereocenters. The van der Waals surface area contributed by atoms with Gasteiger partial charge < -0.3 is 4.57 Å². The maximum atomic E-state index is 6.15. The summed E-state index contributed by atoms with van der Waals surface area (Å²) in [5, 5.41) is 0. The van der Waals surface area contributed by atoms with Crippen molar-refractivity contribution in [2.45, 2.75) is 45.0 Å². The summed E-state index contributed by atoms with van der Waals surface area (Å²) in [5.41, 5.74) is 3.66. The third-order valence-corrected chi connectivity index (χ3v) is 5.27. The molecule has 0 spiro atoms. The van der Waals surface area contributed by atoms with Crippen LogP contribution >= 0.6 is 11.6 Å². The number of imidazole rings is 1. The largest absolute Gasteiger partial charge is 0.327 e. The number of nitrogens with zero attached hydrogens (tertiary/aromatic N) is 2. The van der Waals surface area contributed by atoms with Gasteiger partial charge in [0.1, 0.15) is 5.82 Å². The van der Waals surface area contributed by atoms with E-state index in [1.54, 1.807) is 0 Å². The lowest BCUT2D eigenvalue weighted by Crippen LogP contribution is -2.16. The average Bonchev–Trinajstić information content (AvgIpc) is 3.34. The van der Waals surface area contributed by atoms with E-state index in [1.807, 2.05) is 0 Å². The quantitative estimate of drug-likeness (QED) is 0.740. The van der Waals surface area contributed by atoms with E-state index in [2.05, 4.69) is 29.7 Å². The molecule has 2 aliphatic rings. The molecule has 2 nitrogen and oxygen atoms in total. The van der Waals surface area contributed by atoms with Gasteiger partial charge >= 0.3 is 0 Å². The first kappa shape index (κ1) is 12.7.